The number of rotatable bonds is 6. The molecule has 1 aliphatic carbocycles. The van der Waals surface area contributed by atoms with Gasteiger partial charge in [0, 0.05) is 29.7 Å². The van der Waals surface area contributed by atoms with Crippen LogP contribution in [-0.2, 0) is 16.0 Å². The largest absolute Gasteiger partial charge is 0.497 e. The standard InChI is InChI=1S/C23H27BrN4O4/c1-23(2)31-19-14(11-29)8-17(20(19)32-23)28-10-16(24)18-21(26-12-27-22(18)28)25-9-13-4-6-15(30-3)7-5-13/h4-7,10,12,14,17,19-20,29H,8-9,11H2,1-3H3,(H,25,26,27)/t14-,17?,19-,20+/m1/s1. The summed E-state index contributed by atoms with van der Waals surface area (Å²) in [6, 6.07) is 7.95. The van der Waals surface area contributed by atoms with Gasteiger partial charge in [0.1, 0.15) is 29.6 Å². The van der Waals surface area contributed by atoms with Crippen LogP contribution in [0.2, 0.25) is 0 Å². The smallest absolute Gasteiger partial charge is 0.163 e. The average molecular weight is 503 g/mol. The number of aliphatic hydroxyl groups excluding tert-OH is 1. The molecule has 0 amide bonds. The van der Waals surface area contributed by atoms with Crippen molar-refractivity contribution in [3.63, 3.8) is 0 Å². The fourth-order valence-electron chi connectivity index (χ4n) is 4.86. The lowest BCUT2D eigenvalue weighted by Gasteiger charge is -2.24. The third-order valence-electron chi connectivity index (χ3n) is 6.33. The molecule has 2 aliphatic rings. The van der Waals surface area contributed by atoms with Crippen molar-refractivity contribution in [3.8, 4) is 5.75 Å². The second kappa shape index (κ2) is 8.30. The van der Waals surface area contributed by atoms with Crippen LogP contribution in [0.1, 0.15) is 31.9 Å². The minimum absolute atomic E-state index is 0.0112. The molecule has 5 rings (SSSR count). The number of hydrogen-bond acceptors (Lipinski definition) is 7. The predicted octanol–water partition coefficient (Wildman–Crippen LogP) is 3.89. The molecule has 170 valence electrons. The highest BCUT2D eigenvalue weighted by Gasteiger charge is 2.54. The summed E-state index contributed by atoms with van der Waals surface area (Å²) in [5, 5.41) is 14.3. The van der Waals surface area contributed by atoms with E-state index in [2.05, 4.69) is 35.8 Å². The highest BCUT2D eigenvalue weighted by atomic mass is 79.9. The Kier molecular flexibility index (Phi) is 5.61. The molecule has 32 heavy (non-hydrogen) atoms. The summed E-state index contributed by atoms with van der Waals surface area (Å²) in [4.78, 5) is 9.08. The minimum Gasteiger partial charge on any atom is -0.497 e. The van der Waals surface area contributed by atoms with Gasteiger partial charge in [-0.3, -0.25) is 0 Å². The number of anilines is 1. The van der Waals surface area contributed by atoms with E-state index in [1.807, 2.05) is 44.3 Å². The number of benzene rings is 1. The number of aromatic nitrogens is 3. The van der Waals surface area contributed by atoms with Crippen LogP contribution in [0.4, 0.5) is 5.82 Å². The first-order valence-electron chi connectivity index (χ1n) is 10.7. The van der Waals surface area contributed by atoms with Gasteiger partial charge in [0.25, 0.3) is 0 Å². The number of hydrogen-bond donors (Lipinski definition) is 2. The molecule has 1 unspecified atom stereocenters. The highest BCUT2D eigenvalue weighted by molar-refractivity contribution is 9.10. The molecular weight excluding hydrogens is 476 g/mol. The van der Waals surface area contributed by atoms with E-state index < -0.39 is 5.79 Å². The third kappa shape index (κ3) is 3.77. The van der Waals surface area contributed by atoms with Crippen molar-refractivity contribution in [3.05, 3.63) is 46.8 Å². The Bertz CT molecular complexity index is 1120. The number of halogens is 1. The van der Waals surface area contributed by atoms with E-state index in [1.165, 1.54) is 0 Å². The van der Waals surface area contributed by atoms with Gasteiger partial charge in [-0.05, 0) is 53.9 Å². The van der Waals surface area contributed by atoms with E-state index in [-0.39, 0.29) is 30.8 Å². The SMILES string of the molecule is COc1ccc(CNc2ncnc3c2c(Br)cn3C2C[C@H](CO)[C@H]3OC(C)(C)O[C@@H]23)cc1. The van der Waals surface area contributed by atoms with Crippen LogP contribution in [0.25, 0.3) is 11.0 Å². The molecule has 2 N–H and O–H groups in total. The maximum Gasteiger partial charge on any atom is 0.163 e. The first-order valence-corrected chi connectivity index (χ1v) is 11.5. The number of nitrogens with zero attached hydrogens (tertiary/aromatic N) is 3. The first kappa shape index (κ1) is 21.6. The lowest BCUT2D eigenvalue weighted by atomic mass is 10.1. The van der Waals surface area contributed by atoms with Crippen LogP contribution in [0, 0.1) is 5.92 Å². The molecule has 1 saturated heterocycles. The number of aliphatic hydroxyl groups is 1. The van der Waals surface area contributed by atoms with Crippen LogP contribution in [0.5, 0.6) is 5.75 Å². The minimum atomic E-state index is -0.665. The van der Waals surface area contributed by atoms with Crippen molar-refractivity contribution >= 4 is 32.8 Å². The average Bonchev–Trinajstić information content (AvgIpc) is 3.40. The lowest BCUT2D eigenvalue weighted by molar-refractivity contribution is -0.161. The van der Waals surface area contributed by atoms with Crippen LogP contribution in [0.15, 0.2) is 41.3 Å². The Labute approximate surface area is 195 Å². The summed E-state index contributed by atoms with van der Waals surface area (Å²) in [5.74, 6) is 0.947. The van der Waals surface area contributed by atoms with Crippen LogP contribution in [0.3, 0.4) is 0 Å². The Morgan fingerprint density at radius 1 is 1.22 bits per heavy atom. The quantitative estimate of drug-likeness (QED) is 0.528. The van der Waals surface area contributed by atoms with Gasteiger partial charge in [-0.25, -0.2) is 9.97 Å². The lowest BCUT2D eigenvalue weighted by Crippen LogP contribution is -2.27. The molecule has 0 bridgehead atoms. The van der Waals surface area contributed by atoms with Crippen LogP contribution < -0.4 is 10.1 Å². The molecule has 3 aromatic rings. The van der Waals surface area contributed by atoms with E-state index >= 15 is 0 Å². The molecule has 1 saturated carbocycles. The van der Waals surface area contributed by atoms with Crippen molar-refractivity contribution in [1.82, 2.24) is 14.5 Å². The molecule has 4 atom stereocenters. The summed E-state index contributed by atoms with van der Waals surface area (Å²) in [7, 11) is 1.66. The van der Waals surface area contributed by atoms with Crippen LogP contribution in [-0.4, -0.2) is 51.4 Å². The van der Waals surface area contributed by atoms with Gasteiger partial charge in [-0.15, -0.1) is 0 Å². The van der Waals surface area contributed by atoms with Gasteiger partial charge in [-0.1, -0.05) is 12.1 Å². The van der Waals surface area contributed by atoms with E-state index in [1.54, 1.807) is 13.4 Å². The van der Waals surface area contributed by atoms with E-state index in [4.69, 9.17) is 14.2 Å². The zero-order valence-electron chi connectivity index (χ0n) is 18.3. The van der Waals surface area contributed by atoms with Crippen molar-refractivity contribution in [1.29, 1.82) is 0 Å². The summed E-state index contributed by atoms with van der Waals surface area (Å²) in [6.45, 7) is 4.54. The van der Waals surface area contributed by atoms with Crippen molar-refractivity contribution < 1.29 is 19.3 Å². The Hall–Kier alpha value is -2.20. The number of methoxy groups -OCH3 is 1. The molecule has 3 heterocycles. The fourth-order valence-corrected chi connectivity index (χ4v) is 5.45. The van der Waals surface area contributed by atoms with Gasteiger partial charge < -0.3 is 29.2 Å². The van der Waals surface area contributed by atoms with Crippen LogP contribution >= 0.6 is 15.9 Å². The summed E-state index contributed by atoms with van der Waals surface area (Å²) < 4.78 is 20.6. The molecule has 1 aliphatic heterocycles. The van der Waals surface area contributed by atoms with Crippen molar-refractivity contribution in [2.75, 3.05) is 19.0 Å². The fraction of sp³-hybridized carbons (Fsp3) is 0.478. The topological polar surface area (TPSA) is 90.7 Å². The molecule has 2 aromatic heterocycles. The Balaban J connectivity index is 1.44. The molecule has 0 radical (unpaired) electrons. The molecule has 2 fully saturated rings. The maximum absolute atomic E-state index is 9.92. The Morgan fingerprint density at radius 3 is 2.69 bits per heavy atom. The zero-order chi connectivity index (χ0) is 22.5. The van der Waals surface area contributed by atoms with E-state index in [0.717, 1.165) is 39.1 Å². The molecule has 8 nitrogen and oxygen atoms in total. The second-order valence-corrected chi connectivity index (χ2v) is 9.67. The first-order chi connectivity index (χ1) is 15.4. The van der Waals surface area contributed by atoms with Crippen molar-refractivity contribution in [2.45, 2.75) is 50.8 Å². The number of nitrogens with one attached hydrogen (secondary N) is 1. The predicted molar refractivity (Wildman–Crippen MR) is 124 cm³/mol. The Morgan fingerprint density at radius 2 is 1.97 bits per heavy atom. The highest BCUT2D eigenvalue weighted by Crippen LogP contribution is 2.48. The summed E-state index contributed by atoms with van der Waals surface area (Å²) >= 11 is 3.71. The zero-order valence-corrected chi connectivity index (χ0v) is 19.9. The van der Waals surface area contributed by atoms with E-state index in [0.29, 0.717) is 6.54 Å². The van der Waals surface area contributed by atoms with Gasteiger partial charge in [0.15, 0.2) is 5.79 Å². The summed E-state index contributed by atoms with van der Waals surface area (Å²) in [5.41, 5.74) is 1.94. The van der Waals surface area contributed by atoms with Gasteiger partial charge in [-0.2, -0.15) is 0 Å². The third-order valence-corrected chi connectivity index (χ3v) is 6.93. The van der Waals surface area contributed by atoms with Gasteiger partial charge in [0.05, 0.1) is 24.6 Å². The second-order valence-electron chi connectivity index (χ2n) is 8.82. The van der Waals surface area contributed by atoms with E-state index in [9.17, 15) is 5.11 Å². The van der Waals surface area contributed by atoms with Gasteiger partial charge in [0.2, 0.25) is 0 Å². The number of ether oxygens (including phenoxy) is 3. The monoisotopic (exact) mass is 502 g/mol. The number of fused-ring (bicyclic) bond motifs is 2. The van der Waals surface area contributed by atoms with Gasteiger partial charge >= 0.3 is 0 Å². The van der Waals surface area contributed by atoms with Crippen molar-refractivity contribution in [2.24, 2.45) is 5.92 Å². The molecule has 0 spiro atoms. The maximum atomic E-state index is 9.92. The molecule has 1 aromatic carbocycles. The summed E-state index contributed by atoms with van der Waals surface area (Å²) in [6.07, 6.45) is 4.10. The molecular formula is C23H27BrN4O4. The normalized spacial score (nSPS) is 26.4. The molecule has 9 heteroatoms.